The third-order valence-electron chi connectivity index (χ3n) is 23.7. The summed E-state index contributed by atoms with van der Waals surface area (Å²) in [5, 5.41) is 33.6. The molecule has 9 heterocycles. The summed E-state index contributed by atoms with van der Waals surface area (Å²) in [6.07, 6.45) is 15.4. The van der Waals surface area contributed by atoms with Gasteiger partial charge in [-0.05, 0) is 258 Å². The van der Waals surface area contributed by atoms with Crippen molar-refractivity contribution in [3.8, 4) is 56.4 Å². The van der Waals surface area contributed by atoms with Crippen molar-refractivity contribution >= 4 is 102 Å². The van der Waals surface area contributed by atoms with Crippen molar-refractivity contribution in [2.75, 3.05) is 19.8 Å². The summed E-state index contributed by atoms with van der Waals surface area (Å²) >= 11 is 3.58. The molecule has 1 aliphatic rings. The molecular weight excluding hydrogens is 1900 g/mol. The molecule has 0 aliphatic carbocycles. The number of aromatic nitrogens is 12. The van der Waals surface area contributed by atoms with Crippen molar-refractivity contribution in [3.63, 3.8) is 0 Å². The van der Waals surface area contributed by atoms with Gasteiger partial charge in [-0.15, -0.1) is 0 Å². The summed E-state index contributed by atoms with van der Waals surface area (Å²) in [6, 6.07) is 62.3. The van der Waals surface area contributed by atoms with E-state index in [1.807, 2.05) is 266 Å². The minimum Gasteiger partial charge on any atom is -0.870 e. The number of carbonyl (C=O) groups is 5. The number of nitrogens with zero attached hydrogens (tertiary/aromatic N) is 12. The molecule has 750 valence electrons. The Morgan fingerprint density at radius 1 is 0.428 bits per heavy atom. The molecule has 7 N–H and O–H groups in total. The maximum Gasteiger partial charge on any atom is 1.00 e. The number of carboxylic acids is 1. The quantitative estimate of drug-likeness (QED) is 0.0173. The number of carboxylic acid groups (broad SMARTS) is 1. The molecule has 0 saturated carbocycles. The predicted molar refractivity (Wildman–Crippen MR) is 556 cm³/mol. The summed E-state index contributed by atoms with van der Waals surface area (Å²) in [5.41, 5.74) is 32.0. The molecule has 0 spiro atoms. The number of amides is 1. The molecule has 1 saturated heterocycles. The number of benzene rings is 8. The summed E-state index contributed by atoms with van der Waals surface area (Å²) < 4.78 is 65.1. The molecule has 0 atom stereocenters. The van der Waals surface area contributed by atoms with E-state index in [2.05, 4.69) is 111 Å². The van der Waals surface area contributed by atoms with Crippen LogP contribution < -0.4 is 60.1 Å². The number of hydrogen-bond acceptors (Lipinski definition) is 26. The first-order valence-corrected chi connectivity index (χ1v) is 48.0. The summed E-state index contributed by atoms with van der Waals surface area (Å²) in [7, 11) is 7.22. The van der Waals surface area contributed by atoms with Crippen LogP contribution in [0.3, 0.4) is 0 Å². The fraction of sp³-hybridized carbons (Fsp3) is 0.300. The van der Waals surface area contributed by atoms with Crippen molar-refractivity contribution in [1.29, 1.82) is 0 Å². The molecule has 0 unspecified atom stereocenters. The number of rotatable bonds is 32. The molecule has 1 fully saturated rings. The smallest absolute Gasteiger partial charge is 0.870 e. The fourth-order valence-electron chi connectivity index (χ4n) is 15.9. The van der Waals surface area contributed by atoms with Crippen LogP contribution >= 0.6 is 15.9 Å². The second-order valence-electron chi connectivity index (χ2n) is 35.8. The van der Waals surface area contributed by atoms with E-state index in [4.69, 9.17) is 63.8 Å². The van der Waals surface area contributed by atoms with Crippen molar-refractivity contribution in [1.82, 2.24) is 64.4 Å². The normalized spacial score (nSPS) is 12.2. The van der Waals surface area contributed by atoms with E-state index < -0.39 is 36.0 Å². The molecule has 1 aliphatic heterocycles. The van der Waals surface area contributed by atoms with Gasteiger partial charge in [0.1, 0.15) is 55.0 Å². The number of halogens is 1. The predicted octanol–water partition coefficient (Wildman–Crippen LogP) is 15.2. The van der Waals surface area contributed by atoms with Gasteiger partial charge in [-0.2, -0.15) is 20.4 Å². The standard InChI is InChI=1S/C26H27N3O3.C25H26N4O3.C23H22N4O3.C19H19BrN2O3.C17H27BN2O4.Li.H2O/c1-4-21-14-19(10-11-27-21)22-12-18(13-24-23(22)16-28-29(24)3)17-32-25-9-7-6-8-20(25)15-26(30)31-5-2;1-3-31-25(30)13-19-6-4-5-7-24(19)32-16-17-10-21(18-8-9-27-20(12-18)14-26)22-15-28-29(2)23(22)11-17;1-27-21-9-15(14-30-22-5-3-2-4-17(22)11-23(28)29)8-19(20(21)13-26-27)16-6-7-25-18(10-16)12-24;1-3-24-19(23)10-14-6-4-5-7-18(14)25-12-13-8-16(20)15-11-21-22(2)17(15)9-13;1-15(2,3)22-14(21)20-11-13-10-12(8-9-19-13)18-23-16(4,5)17(6,7)24-18;;/h6-14,16H,4-5,15,17H2,1-3H3;4-12,15H,3,13-14,16,26H2,1-2H3;2-10,13H,11-12,14,24H2,1H3,(H,28,29);4-9,11H,3,10,12H2,1-2H3;8-10H,11H2,1-7H3,(H,20,21);;1H2/q;;;;;+1;/p-1. The molecule has 35 heteroatoms. The zero-order valence-electron chi connectivity index (χ0n) is 84.7. The minimum atomic E-state index is -0.891. The first kappa shape index (κ1) is 111. The van der Waals surface area contributed by atoms with Gasteiger partial charge in [-0.25, -0.2) is 4.79 Å². The van der Waals surface area contributed by atoms with Gasteiger partial charge in [-0.1, -0.05) is 95.7 Å². The second kappa shape index (κ2) is 51.7. The Balaban J connectivity index is 0.000000173. The summed E-state index contributed by atoms with van der Waals surface area (Å²) in [6.45, 7) is 24.6. The van der Waals surface area contributed by atoms with Crippen LogP contribution in [0, 0.1) is 0 Å². The number of aliphatic carboxylic acids is 1. The van der Waals surface area contributed by atoms with Gasteiger partial charge >= 0.3 is 55.9 Å². The Morgan fingerprint density at radius 3 is 1.09 bits per heavy atom. The second-order valence-corrected chi connectivity index (χ2v) is 36.7. The molecule has 0 bridgehead atoms. The Bertz CT molecular complexity index is 6950. The Morgan fingerprint density at radius 2 is 0.745 bits per heavy atom. The molecule has 32 nitrogen and oxygen atoms in total. The van der Waals surface area contributed by atoms with Crippen LogP contribution in [0.15, 0.2) is 248 Å². The third kappa shape index (κ3) is 29.9. The number of esters is 3. The van der Waals surface area contributed by atoms with Crippen molar-refractivity contribution < 1.29 is 101 Å². The molecular formula is C110H122BBrLiN15O17. The third-order valence-corrected chi connectivity index (χ3v) is 24.4. The number of hydrogen-bond donors (Lipinski definition) is 4. The monoisotopic (exact) mass is 2020 g/mol. The van der Waals surface area contributed by atoms with Gasteiger partial charge in [0, 0.05) is 120 Å². The molecule has 17 rings (SSSR count). The number of aryl methyl sites for hydroxylation is 5. The first-order valence-electron chi connectivity index (χ1n) is 47.2. The molecule has 16 aromatic rings. The van der Waals surface area contributed by atoms with Gasteiger partial charge in [0.05, 0.1) is 127 Å². The molecule has 145 heavy (non-hydrogen) atoms. The molecule has 8 aromatic heterocycles. The van der Waals surface area contributed by atoms with Gasteiger partial charge in [0.15, 0.2) is 0 Å². The molecule has 8 aromatic carbocycles. The van der Waals surface area contributed by atoms with Crippen LogP contribution in [0.1, 0.15) is 143 Å². The molecule has 1 amide bonds. The number of pyridine rings is 4. The van der Waals surface area contributed by atoms with Crippen molar-refractivity contribution in [2.24, 2.45) is 39.7 Å². The van der Waals surface area contributed by atoms with E-state index in [0.29, 0.717) is 93.6 Å². The van der Waals surface area contributed by atoms with Gasteiger partial charge < -0.3 is 74.6 Å². The maximum absolute atomic E-state index is 12.0. The topological polar surface area (TPSA) is 415 Å². The van der Waals surface area contributed by atoms with E-state index >= 15 is 0 Å². The van der Waals surface area contributed by atoms with Crippen molar-refractivity contribution in [2.45, 2.75) is 171 Å². The SMILES string of the molecule is CC(C)(C)OC(=O)NCc1cc(B2OC(C)(C)C(C)(C)O2)ccn1.CCOC(=O)Cc1ccccc1OCc1cc(-c2ccnc(CC)c2)c2cnn(C)c2c1.CCOC(=O)Cc1ccccc1OCc1cc(-c2ccnc(CN)c2)c2cnn(C)c2c1.CCOC(=O)Cc1ccccc1OCc1cc(Br)c2cnn(C)c2c1.Cn1ncc2c(-c3ccnc(CN)c3)cc(COc3ccccc3CC(=O)O)cc21.[Li+].[OH-]. The Hall–Kier alpha value is -14.5. The van der Waals surface area contributed by atoms with E-state index in [1.54, 1.807) is 51.5 Å². The number of carbonyl (C=O) groups excluding carboxylic acids is 4. The zero-order chi connectivity index (χ0) is 102. The van der Waals surface area contributed by atoms with Gasteiger partial charge in [-0.3, -0.25) is 57.8 Å². The maximum atomic E-state index is 12.0. The Labute approximate surface area is 863 Å². The average molecular weight is 2020 g/mol. The Kier molecular flexibility index (Phi) is 39.5. The summed E-state index contributed by atoms with van der Waals surface area (Å²) in [4.78, 5) is 75.8. The number of fused-ring (bicyclic) bond motifs is 4. The summed E-state index contributed by atoms with van der Waals surface area (Å²) in [5.74, 6) is 0.946. The van der Waals surface area contributed by atoms with Crippen LogP contribution in [0.4, 0.5) is 4.79 Å². The van der Waals surface area contributed by atoms with Crippen LogP contribution in [-0.2, 0) is 154 Å². The van der Waals surface area contributed by atoms with E-state index in [1.165, 1.54) is 0 Å². The van der Waals surface area contributed by atoms with E-state index in [9.17, 15) is 24.0 Å². The fourth-order valence-corrected chi connectivity index (χ4v) is 16.5. The average Bonchev–Trinajstić information content (AvgIpc) is 0.936. The minimum absolute atomic E-state index is 0. The van der Waals surface area contributed by atoms with Crippen LogP contribution in [0.5, 0.6) is 23.0 Å². The molecule has 0 radical (unpaired) electrons. The number of nitrogens with two attached hydrogens (primary N) is 2. The van der Waals surface area contributed by atoms with Crippen molar-refractivity contribution in [3.05, 3.63) is 315 Å². The first-order chi connectivity index (χ1) is 68.7. The van der Waals surface area contributed by atoms with E-state index in [0.717, 1.165) is 149 Å². The number of alkyl carbamates (subject to hydrolysis) is 1. The zero-order valence-corrected chi connectivity index (χ0v) is 86.3. The number of nitrogens with one attached hydrogen (secondary N) is 1. The van der Waals surface area contributed by atoms with Crippen LogP contribution in [0.2, 0.25) is 0 Å². The van der Waals surface area contributed by atoms with E-state index in [-0.39, 0.29) is 74.5 Å². The number of para-hydroxylation sites is 4. The van der Waals surface area contributed by atoms with Crippen LogP contribution in [-0.4, -0.2) is 143 Å². The van der Waals surface area contributed by atoms with Gasteiger partial charge in [0.25, 0.3) is 0 Å². The number of ether oxygens (including phenoxy) is 8. The van der Waals surface area contributed by atoms with Crippen LogP contribution in [0.25, 0.3) is 77.0 Å². The largest absolute Gasteiger partial charge is 1.00 e. The van der Waals surface area contributed by atoms with Gasteiger partial charge in [0.2, 0.25) is 0 Å².